The lowest BCUT2D eigenvalue weighted by atomic mass is 10.1. The third-order valence-electron chi connectivity index (χ3n) is 4.37. The van der Waals surface area contributed by atoms with Gasteiger partial charge >= 0.3 is 5.97 Å². The molecule has 5 heteroatoms. The van der Waals surface area contributed by atoms with Crippen molar-refractivity contribution in [1.29, 1.82) is 0 Å². The van der Waals surface area contributed by atoms with Crippen molar-refractivity contribution >= 4 is 23.5 Å². The zero-order valence-corrected chi connectivity index (χ0v) is 18.5. The molecule has 0 aromatic heterocycles. The van der Waals surface area contributed by atoms with Gasteiger partial charge in [0.25, 0.3) is 0 Å². The zero-order chi connectivity index (χ0) is 21.4. The average Bonchev–Trinajstić information content (AvgIpc) is 2.70. The Morgan fingerprint density at radius 3 is 2.38 bits per heavy atom. The van der Waals surface area contributed by atoms with Gasteiger partial charge in [-0.15, -0.1) is 11.8 Å². The fourth-order valence-corrected chi connectivity index (χ4v) is 3.14. The minimum atomic E-state index is -1.06. The predicted octanol–water partition coefficient (Wildman–Crippen LogP) is 5.42. The Morgan fingerprint density at radius 1 is 1.10 bits per heavy atom. The summed E-state index contributed by atoms with van der Waals surface area (Å²) < 4.78 is 10.9. The van der Waals surface area contributed by atoms with Crippen molar-refractivity contribution in [3.63, 3.8) is 0 Å². The van der Waals surface area contributed by atoms with Gasteiger partial charge in [-0.1, -0.05) is 18.2 Å². The van der Waals surface area contributed by atoms with Gasteiger partial charge in [0.1, 0.15) is 5.75 Å². The van der Waals surface area contributed by atoms with Gasteiger partial charge < -0.3 is 9.47 Å². The number of ether oxygens (including phenoxy) is 2. The Hall–Kier alpha value is -2.53. The fourth-order valence-electron chi connectivity index (χ4n) is 2.73. The molecule has 0 spiro atoms. The van der Waals surface area contributed by atoms with Crippen LogP contribution in [0.25, 0.3) is 0 Å². The number of esters is 1. The van der Waals surface area contributed by atoms with E-state index in [1.54, 1.807) is 38.6 Å². The molecular formula is C24H28O4S. The van der Waals surface area contributed by atoms with Crippen molar-refractivity contribution in [2.45, 2.75) is 44.6 Å². The minimum absolute atomic E-state index is 0.00878. The van der Waals surface area contributed by atoms with Crippen LogP contribution in [0.5, 0.6) is 5.75 Å². The molecule has 0 saturated heterocycles. The zero-order valence-electron chi connectivity index (χ0n) is 17.7. The number of benzene rings is 2. The Kier molecular flexibility index (Phi) is 8.09. The van der Waals surface area contributed by atoms with Gasteiger partial charge in [-0.05, 0) is 87.9 Å². The molecule has 0 aliphatic heterocycles. The lowest BCUT2D eigenvalue weighted by Crippen LogP contribution is -2.39. The molecule has 0 fully saturated rings. The van der Waals surface area contributed by atoms with E-state index >= 15 is 0 Å². The summed E-state index contributed by atoms with van der Waals surface area (Å²) in [7, 11) is 0. The number of allylic oxidation sites excluding steroid dienone is 2. The molecule has 0 radical (unpaired) electrons. The lowest BCUT2D eigenvalue weighted by molar-refractivity contribution is -0.158. The highest BCUT2D eigenvalue weighted by molar-refractivity contribution is 7.98. The third kappa shape index (κ3) is 6.50. The number of hydrogen-bond acceptors (Lipinski definition) is 5. The van der Waals surface area contributed by atoms with Gasteiger partial charge in [0.05, 0.1) is 6.61 Å². The van der Waals surface area contributed by atoms with E-state index in [0.717, 1.165) is 16.0 Å². The van der Waals surface area contributed by atoms with Crippen LogP contribution in [0.3, 0.4) is 0 Å². The largest absolute Gasteiger partial charge is 0.476 e. The Balaban J connectivity index is 2.00. The molecule has 2 aromatic rings. The summed E-state index contributed by atoms with van der Waals surface area (Å²) in [5, 5.41) is 0. The molecule has 0 unspecified atom stereocenters. The Labute approximate surface area is 177 Å². The number of carbonyl (C=O) groups is 2. The summed E-state index contributed by atoms with van der Waals surface area (Å²) in [5.41, 5.74) is 1.61. The van der Waals surface area contributed by atoms with Gasteiger partial charge in [-0.25, -0.2) is 4.79 Å². The maximum atomic E-state index is 12.3. The number of carbonyl (C=O) groups excluding carboxylic acids is 2. The van der Waals surface area contributed by atoms with Crippen LogP contribution in [0.15, 0.2) is 59.5 Å². The van der Waals surface area contributed by atoms with Gasteiger partial charge in [-0.3, -0.25) is 4.79 Å². The van der Waals surface area contributed by atoms with Crippen molar-refractivity contribution in [1.82, 2.24) is 0 Å². The molecular weight excluding hydrogens is 384 g/mol. The molecule has 154 valence electrons. The Morgan fingerprint density at radius 2 is 1.79 bits per heavy atom. The molecule has 0 N–H and O–H groups in total. The number of hydrogen-bond donors (Lipinski definition) is 0. The number of thioether (sulfide) groups is 1. The van der Waals surface area contributed by atoms with Crippen LogP contribution >= 0.6 is 11.8 Å². The van der Waals surface area contributed by atoms with E-state index in [4.69, 9.17) is 9.47 Å². The highest BCUT2D eigenvalue weighted by atomic mass is 32.2. The normalized spacial score (nSPS) is 11.5. The van der Waals surface area contributed by atoms with Crippen LogP contribution in [0.1, 0.15) is 42.3 Å². The first-order valence-corrected chi connectivity index (χ1v) is 10.8. The third-order valence-corrected chi connectivity index (χ3v) is 5.11. The van der Waals surface area contributed by atoms with Crippen LogP contribution in [-0.2, 0) is 16.0 Å². The molecule has 29 heavy (non-hydrogen) atoms. The molecule has 0 atom stereocenters. The monoisotopic (exact) mass is 412 g/mol. The molecule has 2 rings (SSSR count). The van der Waals surface area contributed by atoms with Gasteiger partial charge in [0.15, 0.2) is 11.4 Å². The SMILES string of the molecule is CCOC(=O)C(C)(C)Oc1ccc(C/C=C/C(=O)c2ccc(SC)cc2)cc1C. The second-order valence-corrected chi connectivity index (χ2v) is 8.01. The Bertz CT molecular complexity index is 882. The molecule has 0 aliphatic carbocycles. The summed E-state index contributed by atoms with van der Waals surface area (Å²) in [5.74, 6) is 0.238. The predicted molar refractivity (Wildman–Crippen MR) is 118 cm³/mol. The number of rotatable bonds is 9. The summed E-state index contributed by atoms with van der Waals surface area (Å²) in [6.45, 7) is 7.40. The second-order valence-electron chi connectivity index (χ2n) is 7.13. The molecule has 0 aliphatic rings. The van der Waals surface area contributed by atoms with E-state index in [-0.39, 0.29) is 5.78 Å². The van der Waals surface area contributed by atoms with Crippen LogP contribution < -0.4 is 4.74 Å². The van der Waals surface area contributed by atoms with Gasteiger partial charge in [-0.2, -0.15) is 0 Å². The lowest BCUT2D eigenvalue weighted by Gasteiger charge is -2.25. The van der Waals surface area contributed by atoms with Crippen LogP contribution in [-0.4, -0.2) is 30.2 Å². The number of aryl methyl sites for hydroxylation is 1. The first kappa shape index (κ1) is 22.8. The fraction of sp³-hybridized carbons (Fsp3) is 0.333. The van der Waals surface area contributed by atoms with E-state index in [9.17, 15) is 9.59 Å². The number of ketones is 1. The first-order valence-electron chi connectivity index (χ1n) is 9.57. The average molecular weight is 413 g/mol. The van der Waals surface area contributed by atoms with E-state index in [0.29, 0.717) is 24.3 Å². The van der Waals surface area contributed by atoms with Crippen molar-refractivity contribution in [2.75, 3.05) is 12.9 Å². The molecule has 0 amide bonds. The van der Waals surface area contributed by atoms with E-state index < -0.39 is 11.6 Å². The first-order chi connectivity index (χ1) is 13.8. The molecule has 0 bridgehead atoms. The van der Waals surface area contributed by atoms with Crippen LogP contribution in [0.4, 0.5) is 0 Å². The summed E-state index contributed by atoms with van der Waals surface area (Å²) in [4.78, 5) is 25.4. The molecule has 0 saturated carbocycles. The van der Waals surface area contributed by atoms with Crippen LogP contribution in [0.2, 0.25) is 0 Å². The maximum absolute atomic E-state index is 12.3. The molecule has 4 nitrogen and oxygen atoms in total. The van der Waals surface area contributed by atoms with E-state index in [1.165, 1.54) is 0 Å². The smallest absolute Gasteiger partial charge is 0.349 e. The standard InChI is InChI=1S/C24H28O4S/c1-6-27-23(26)24(3,4)28-22-15-10-18(16-17(22)2)8-7-9-21(25)19-11-13-20(29-5)14-12-19/h7,9-16H,6,8H2,1-5H3/b9-7+. The second kappa shape index (κ2) is 10.3. The maximum Gasteiger partial charge on any atom is 0.349 e. The quantitative estimate of drug-likeness (QED) is 0.238. The summed E-state index contributed by atoms with van der Waals surface area (Å²) in [6.07, 6.45) is 6.12. The van der Waals surface area contributed by atoms with Crippen molar-refractivity contribution in [3.8, 4) is 5.75 Å². The summed E-state index contributed by atoms with van der Waals surface area (Å²) >= 11 is 1.65. The highest BCUT2D eigenvalue weighted by Crippen LogP contribution is 2.25. The van der Waals surface area contributed by atoms with Crippen LogP contribution in [0, 0.1) is 6.92 Å². The highest BCUT2D eigenvalue weighted by Gasteiger charge is 2.32. The van der Waals surface area contributed by atoms with Gasteiger partial charge in [0, 0.05) is 10.5 Å². The topological polar surface area (TPSA) is 52.6 Å². The van der Waals surface area contributed by atoms with Gasteiger partial charge in [0.2, 0.25) is 0 Å². The summed E-state index contributed by atoms with van der Waals surface area (Å²) in [6, 6.07) is 13.4. The molecule has 0 heterocycles. The van der Waals surface area contributed by atoms with Crippen molar-refractivity contribution < 1.29 is 19.1 Å². The van der Waals surface area contributed by atoms with Crippen molar-refractivity contribution in [3.05, 3.63) is 71.3 Å². The van der Waals surface area contributed by atoms with E-state index in [1.807, 2.05) is 61.7 Å². The van der Waals surface area contributed by atoms with Crippen molar-refractivity contribution in [2.24, 2.45) is 0 Å². The molecule has 2 aromatic carbocycles. The minimum Gasteiger partial charge on any atom is -0.476 e. The van der Waals surface area contributed by atoms with E-state index in [2.05, 4.69) is 0 Å².